The Bertz CT molecular complexity index is 424. The number of amides is 1. The van der Waals surface area contributed by atoms with Crippen LogP contribution < -0.4 is 5.32 Å². The van der Waals surface area contributed by atoms with E-state index < -0.39 is 5.60 Å². The molecular formula is C14H22N2O3S. The lowest BCUT2D eigenvalue weighted by molar-refractivity contribution is -0.157. The number of hydrogen-bond acceptors (Lipinski definition) is 5. The zero-order valence-electron chi connectivity index (χ0n) is 11.8. The van der Waals surface area contributed by atoms with Gasteiger partial charge in [-0.1, -0.05) is 6.07 Å². The Morgan fingerprint density at radius 1 is 1.60 bits per heavy atom. The summed E-state index contributed by atoms with van der Waals surface area (Å²) in [4.78, 5) is 15.2. The van der Waals surface area contributed by atoms with Crippen molar-refractivity contribution in [3.63, 3.8) is 0 Å². The number of thiophene rings is 1. The highest BCUT2D eigenvalue weighted by atomic mass is 32.1. The molecule has 1 atom stereocenters. The number of carbonyl (C=O) groups excluding carboxylic acids is 1. The van der Waals surface area contributed by atoms with Gasteiger partial charge in [0.1, 0.15) is 0 Å². The quantitative estimate of drug-likeness (QED) is 0.783. The van der Waals surface area contributed by atoms with Gasteiger partial charge in [0.15, 0.2) is 5.60 Å². The van der Waals surface area contributed by atoms with Crippen LogP contribution in [0.2, 0.25) is 0 Å². The van der Waals surface area contributed by atoms with Crippen molar-refractivity contribution in [3.05, 3.63) is 22.4 Å². The summed E-state index contributed by atoms with van der Waals surface area (Å²) in [5.41, 5.74) is -1.27. The molecule has 1 aliphatic heterocycles. The molecule has 6 heteroatoms. The molecule has 0 unspecified atom stereocenters. The van der Waals surface area contributed by atoms with E-state index in [0.717, 1.165) is 6.42 Å². The lowest BCUT2D eigenvalue weighted by atomic mass is 9.91. The summed E-state index contributed by atoms with van der Waals surface area (Å²) in [5.74, 6) is -0.181. The van der Waals surface area contributed by atoms with Crippen LogP contribution in [0, 0.1) is 0 Å². The van der Waals surface area contributed by atoms with Crippen LogP contribution in [-0.4, -0.2) is 54.9 Å². The Morgan fingerprint density at radius 3 is 3.15 bits per heavy atom. The van der Waals surface area contributed by atoms with Crippen LogP contribution in [0.3, 0.4) is 0 Å². The second kappa shape index (κ2) is 7.17. The molecule has 1 amide bonds. The number of methoxy groups -OCH3 is 1. The second-order valence-corrected chi connectivity index (χ2v) is 6.14. The van der Waals surface area contributed by atoms with Gasteiger partial charge in [0.25, 0.3) is 5.91 Å². The minimum Gasteiger partial charge on any atom is -0.383 e. The first-order valence-electron chi connectivity index (χ1n) is 6.89. The highest BCUT2D eigenvalue weighted by Gasteiger charge is 2.41. The second-order valence-electron chi connectivity index (χ2n) is 5.10. The largest absolute Gasteiger partial charge is 0.383 e. The molecule has 1 aromatic rings. The van der Waals surface area contributed by atoms with Gasteiger partial charge in [-0.05, 0) is 24.3 Å². The lowest BCUT2D eigenvalue weighted by Crippen LogP contribution is -2.58. The van der Waals surface area contributed by atoms with Crippen LogP contribution in [0.25, 0.3) is 0 Å². The monoisotopic (exact) mass is 298 g/mol. The van der Waals surface area contributed by atoms with Gasteiger partial charge in [-0.25, -0.2) is 0 Å². The molecule has 0 bridgehead atoms. The summed E-state index contributed by atoms with van der Waals surface area (Å²) in [6.45, 7) is 2.74. The average molecular weight is 298 g/mol. The predicted molar refractivity (Wildman–Crippen MR) is 78.7 cm³/mol. The van der Waals surface area contributed by atoms with Gasteiger partial charge >= 0.3 is 0 Å². The van der Waals surface area contributed by atoms with Gasteiger partial charge in [0, 0.05) is 38.2 Å². The zero-order chi connectivity index (χ0) is 14.4. The fourth-order valence-electron chi connectivity index (χ4n) is 2.45. The summed E-state index contributed by atoms with van der Waals surface area (Å²) in [5, 5.41) is 15.8. The van der Waals surface area contributed by atoms with E-state index in [-0.39, 0.29) is 5.91 Å². The first-order chi connectivity index (χ1) is 9.65. The van der Waals surface area contributed by atoms with E-state index in [9.17, 15) is 9.90 Å². The third-order valence-corrected chi connectivity index (χ3v) is 4.44. The van der Waals surface area contributed by atoms with Crippen LogP contribution >= 0.6 is 11.3 Å². The van der Waals surface area contributed by atoms with Gasteiger partial charge in [0.2, 0.25) is 0 Å². The van der Waals surface area contributed by atoms with Crippen molar-refractivity contribution in [3.8, 4) is 0 Å². The summed E-state index contributed by atoms with van der Waals surface area (Å²) in [6.07, 6.45) is 1.35. The fourth-order valence-corrected chi connectivity index (χ4v) is 3.12. The van der Waals surface area contributed by atoms with E-state index in [4.69, 9.17) is 4.74 Å². The minimum absolute atomic E-state index is 0.181. The van der Waals surface area contributed by atoms with E-state index in [2.05, 4.69) is 5.32 Å². The topological polar surface area (TPSA) is 61.8 Å². The predicted octanol–water partition coefficient (Wildman–Crippen LogP) is 0.838. The van der Waals surface area contributed by atoms with Gasteiger partial charge in [-0.3, -0.25) is 4.79 Å². The van der Waals surface area contributed by atoms with E-state index in [0.29, 0.717) is 39.2 Å². The number of likely N-dealkylation sites (tertiary alicyclic amines) is 1. The molecule has 1 aromatic heterocycles. The van der Waals surface area contributed by atoms with Crippen LogP contribution in [0.4, 0.5) is 0 Å². The fraction of sp³-hybridized carbons (Fsp3) is 0.643. The molecule has 0 saturated carbocycles. The lowest BCUT2D eigenvalue weighted by Gasteiger charge is -2.38. The Labute approximate surface area is 123 Å². The first kappa shape index (κ1) is 15.4. The molecule has 1 saturated heterocycles. The number of hydrogen-bond donors (Lipinski definition) is 2. The molecule has 1 aliphatic rings. The molecule has 1 fully saturated rings. The summed E-state index contributed by atoms with van der Waals surface area (Å²) < 4.78 is 5.00. The molecule has 2 N–H and O–H groups in total. The highest BCUT2D eigenvalue weighted by molar-refractivity contribution is 7.09. The zero-order valence-corrected chi connectivity index (χ0v) is 12.6. The summed E-state index contributed by atoms with van der Waals surface area (Å²) in [7, 11) is 1.61. The molecule has 20 heavy (non-hydrogen) atoms. The van der Waals surface area contributed by atoms with Gasteiger partial charge in [-0.15, -0.1) is 11.3 Å². The number of rotatable bonds is 7. The van der Waals surface area contributed by atoms with Crippen LogP contribution in [0.1, 0.15) is 17.7 Å². The standard InChI is InChI=1S/C14H22N2O3S/c1-19-8-7-16-6-3-5-14(18,13(16)17)11-15-10-12-4-2-9-20-12/h2,4,9,15,18H,3,5-8,10-11H2,1H3/t14-/m1/s1. The van der Waals surface area contributed by atoms with Gasteiger partial charge < -0.3 is 20.1 Å². The molecule has 0 radical (unpaired) electrons. The van der Waals surface area contributed by atoms with Crippen molar-refractivity contribution in [2.75, 3.05) is 33.4 Å². The van der Waals surface area contributed by atoms with E-state index in [1.54, 1.807) is 23.3 Å². The number of ether oxygens (including phenoxy) is 1. The first-order valence-corrected chi connectivity index (χ1v) is 7.77. The molecular weight excluding hydrogens is 276 g/mol. The van der Waals surface area contributed by atoms with Crippen molar-refractivity contribution in [1.82, 2.24) is 10.2 Å². The van der Waals surface area contributed by atoms with Crippen LogP contribution in [-0.2, 0) is 16.1 Å². The van der Waals surface area contributed by atoms with Crippen molar-refractivity contribution in [2.45, 2.75) is 25.0 Å². The maximum Gasteiger partial charge on any atom is 0.255 e. The third-order valence-electron chi connectivity index (χ3n) is 3.57. The SMILES string of the molecule is COCCN1CCC[C@@](O)(CNCc2cccs2)C1=O. The Balaban J connectivity index is 1.85. The van der Waals surface area contributed by atoms with Crippen molar-refractivity contribution < 1.29 is 14.6 Å². The number of nitrogens with one attached hydrogen (secondary N) is 1. The smallest absolute Gasteiger partial charge is 0.255 e. The molecule has 0 aliphatic carbocycles. The highest BCUT2D eigenvalue weighted by Crippen LogP contribution is 2.22. The molecule has 112 valence electrons. The van der Waals surface area contributed by atoms with Crippen LogP contribution in [0.5, 0.6) is 0 Å². The van der Waals surface area contributed by atoms with E-state index in [1.807, 2.05) is 17.5 Å². The number of aliphatic hydroxyl groups is 1. The third kappa shape index (κ3) is 3.79. The molecule has 0 aromatic carbocycles. The average Bonchev–Trinajstić information content (AvgIpc) is 2.94. The number of nitrogens with zero attached hydrogens (tertiary/aromatic N) is 1. The summed E-state index contributed by atoms with van der Waals surface area (Å²) >= 11 is 1.66. The maximum absolute atomic E-state index is 12.3. The van der Waals surface area contributed by atoms with E-state index in [1.165, 1.54) is 4.88 Å². The van der Waals surface area contributed by atoms with Crippen molar-refractivity contribution >= 4 is 17.2 Å². The van der Waals surface area contributed by atoms with Crippen molar-refractivity contribution in [1.29, 1.82) is 0 Å². The van der Waals surface area contributed by atoms with E-state index >= 15 is 0 Å². The van der Waals surface area contributed by atoms with Crippen LogP contribution in [0.15, 0.2) is 17.5 Å². The number of piperidine rings is 1. The maximum atomic E-state index is 12.3. The summed E-state index contributed by atoms with van der Waals surface area (Å²) in [6, 6.07) is 4.03. The molecule has 5 nitrogen and oxygen atoms in total. The Hall–Kier alpha value is -0.950. The number of carbonyl (C=O) groups is 1. The minimum atomic E-state index is -1.27. The van der Waals surface area contributed by atoms with Gasteiger partial charge in [0.05, 0.1) is 6.61 Å². The molecule has 0 spiro atoms. The normalized spacial score (nSPS) is 23.3. The molecule has 2 rings (SSSR count). The van der Waals surface area contributed by atoms with Gasteiger partial charge in [-0.2, -0.15) is 0 Å². The Morgan fingerprint density at radius 2 is 2.45 bits per heavy atom. The Kier molecular flexibility index (Phi) is 5.54. The molecule has 2 heterocycles. The van der Waals surface area contributed by atoms with Crippen molar-refractivity contribution in [2.24, 2.45) is 0 Å².